The molecule has 3 nitrogen and oxygen atoms in total. The molecular weight excluding hydrogens is 311 g/mol. The van der Waals surface area contributed by atoms with Crippen LogP contribution in [0.2, 0.25) is 0 Å². The maximum atomic E-state index is 12.7. The third-order valence-corrected chi connectivity index (χ3v) is 2.57. The third-order valence-electron chi connectivity index (χ3n) is 2.08. The Balaban J connectivity index is 2.91. The molecule has 0 spiro atoms. The summed E-state index contributed by atoms with van der Waals surface area (Å²) < 4.78 is 38.6. The molecular formula is C11H9BrF3N3. The molecule has 0 unspecified atom stereocenters. The molecule has 0 radical (unpaired) electrons. The molecule has 1 aromatic carbocycles. The molecule has 0 bridgehead atoms. The monoisotopic (exact) mass is 319 g/mol. The first-order valence-corrected chi connectivity index (χ1v) is 5.78. The van der Waals surface area contributed by atoms with Crippen molar-refractivity contribution in [1.29, 1.82) is 0 Å². The number of hydrogen-bond donors (Lipinski definition) is 0. The Morgan fingerprint density at radius 2 is 2.11 bits per heavy atom. The normalized spacial score (nSPS) is 11.6. The number of hydrogen-bond acceptors (Lipinski definition) is 1. The quantitative estimate of drug-likeness (QED) is 0.318. The van der Waals surface area contributed by atoms with Gasteiger partial charge in [0.1, 0.15) is 0 Å². The van der Waals surface area contributed by atoms with Crippen molar-refractivity contribution in [2.24, 2.45) is 5.11 Å². The molecule has 0 aromatic heterocycles. The maximum absolute atomic E-state index is 12.7. The van der Waals surface area contributed by atoms with E-state index in [1.54, 1.807) is 12.1 Å². The van der Waals surface area contributed by atoms with Crippen LogP contribution in [0.25, 0.3) is 16.5 Å². The van der Waals surface area contributed by atoms with Crippen molar-refractivity contribution in [3.8, 4) is 0 Å². The summed E-state index contributed by atoms with van der Waals surface area (Å²) in [6, 6.07) is 3.96. The summed E-state index contributed by atoms with van der Waals surface area (Å²) in [5, 5.41) is 3.29. The van der Waals surface area contributed by atoms with Crippen LogP contribution >= 0.6 is 15.9 Å². The molecule has 0 heterocycles. The highest BCUT2D eigenvalue weighted by atomic mass is 79.9. The SMILES string of the molecule is [N-]=[N+]=NCCC=Cc1ccc(Br)cc1C(F)(F)F. The van der Waals surface area contributed by atoms with Crippen LogP contribution in [-0.4, -0.2) is 6.54 Å². The van der Waals surface area contributed by atoms with E-state index in [4.69, 9.17) is 5.53 Å². The summed E-state index contributed by atoms with van der Waals surface area (Å²) >= 11 is 3.01. The minimum atomic E-state index is -4.39. The van der Waals surface area contributed by atoms with E-state index in [1.165, 1.54) is 12.1 Å². The van der Waals surface area contributed by atoms with Gasteiger partial charge in [0.2, 0.25) is 0 Å². The molecule has 0 amide bonds. The molecule has 96 valence electrons. The van der Waals surface area contributed by atoms with Crippen LogP contribution in [0.4, 0.5) is 13.2 Å². The maximum Gasteiger partial charge on any atom is 0.417 e. The summed E-state index contributed by atoms with van der Waals surface area (Å²) in [7, 11) is 0. The lowest BCUT2D eigenvalue weighted by Crippen LogP contribution is -2.07. The number of azide groups is 1. The number of alkyl halides is 3. The zero-order chi connectivity index (χ0) is 13.6. The second kappa shape index (κ2) is 6.47. The molecule has 0 aliphatic rings. The lowest BCUT2D eigenvalue weighted by atomic mass is 10.1. The molecule has 1 rings (SSSR count). The van der Waals surface area contributed by atoms with Crippen molar-refractivity contribution in [3.63, 3.8) is 0 Å². The zero-order valence-electron chi connectivity index (χ0n) is 9.15. The highest BCUT2D eigenvalue weighted by molar-refractivity contribution is 9.10. The number of nitrogens with zero attached hydrogens (tertiary/aromatic N) is 3. The van der Waals surface area contributed by atoms with Gasteiger partial charge in [-0.15, -0.1) is 0 Å². The Morgan fingerprint density at radius 1 is 1.39 bits per heavy atom. The first kappa shape index (κ1) is 14.6. The van der Waals surface area contributed by atoms with E-state index in [0.717, 1.165) is 6.07 Å². The van der Waals surface area contributed by atoms with E-state index < -0.39 is 11.7 Å². The Hall–Kier alpha value is -1.46. The second-order valence-electron chi connectivity index (χ2n) is 3.37. The predicted molar refractivity (Wildman–Crippen MR) is 66.8 cm³/mol. The van der Waals surface area contributed by atoms with Gasteiger partial charge in [-0.05, 0) is 29.6 Å². The standard InChI is InChI=1S/C11H9BrF3N3/c12-9-5-4-8(3-1-2-6-17-18-16)10(7-9)11(13,14)15/h1,3-5,7H,2,6H2. The van der Waals surface area contributed by atoms with Gasteiger partial charge in [-0.2, -0.15) is 13.2 Å². The number of rotatable bonds is 4. The Labute approximate surface area is 110 Å². The molecule has 0 aliphatic carbocycles. The molecule has 1 aromatic rings. The Kier molecular flexibility index (Phi) is 5.25. The van der Waals surface area contributed by atoms with E-state index in [9.17, 15) is 13.2 Å². The minimum absolute atomic E-state index is 0.0895. The minimum Gasteiger partial charge on any atom is -0.166 e. The highest BCUT2D eigenvalue weighted by Gasteiger charge is 2.32. The molecule has 0 saturated heterocycles. The van der Waals surface area contributed by atoms with E-state index in [1.807, 2.05) is 0 Å². The lowest BCUT2D eigenvalue weighted by Gasteiger charge is -2.10. The molecule has 7 heteroatoms. The predicted octanol–water partition coefficient (Wildman–Crippen LogP) is 5.18. The number of halogens is 4. The van der Waals surface area contributed by atoms with Gasteiger partial charge >= 0.3 is 6.18 Å². The molecule has 0 atom stereocenters. The second-order valence-corrected chi connectivity index (χ2v) is 4.29. The van der Waals surface area contributed by atoms with E-state index in [0.29, 0.717) is 10.9 Å². The summed E-state index contributed by atoms with van der Waals surface area (Å²) in [6.07, 6.45) is -1.07. The Bertz CT molecular complexity index is 491. The molecule has 0 saturated carbocycles. The smallest absolute Gasteiger partial charge is 0.166 e. The fourth-order valence-electron chi connectivity index (χ4n) is 1.31. The first-order valence-electron chi connectivity index (χ1n) is 4.99. The zero-order valence-corrected chi connectivity index (χ0v) is 10.7. The summed E-state index contributed by atoms with van der Waals surface area (Å²) in [5.74, 6) is 0. The fraction of sp³-hybridized carbons (Fsp3) is 0.273. The van der Waals surface area contributed by atoms with E-state index in [-0.39, 0.29) is 12.1 Å². The summed E-state index contributed by atoms with van der Waals surface area (Å²) in [4.78, 5) is 2.55. The van der Waals surface area contributed by atoms with E-state index in [2.05, 4.69) is 26.0 Å². The van der Waals surface area contributed by atoms with Crippen LogP contribution in [0.1, 0.15) is 17.5 Å². The van der Waals surface area contributed by atoms with Crippen LogP contribution in [0, 0.1) is 0 Å². The first-order chi connectivity index (χ1) is 8.45. The van der Waals surface area contributed by atoms with Crippen molar-refractivity contribution in [1.82, 2.24) is 0 Å². The fourth-order valence-corrected chi connectivity index (χ4v) is 1.67. The Morgan fingerprint density at radius 3 is 2.72 bits per heavy atom. The van der Waals surface area contributed by atoms with Crippen molar-refractivity contribution in [2.45, 2.75) is 12.6 Å². The van der Waals surface area contributed by atoms with E-state index >= 15 is 0 Å². The van der Waals surface area contributed by atoms with Crippen molar-refractivity contribution in [3.05, 3.63) is 50.3 Å². The molecule has 18 heavy (non-hydrogen) atoms. The van der Waals surface area contributed by atoms with Crippen molar-refractivity contribution in [2.75, 3.05) is 6.54 Å². The lowest BCUT2D eigenvalue weighted by molar-refractivity contribution is -0.137. The number of benzene rings is 1. The average molecular weight is 320 g/mol. The van der Waals surface area contributed by atoms with Gasteiger partial charge in [-0.25, -0.2) is 0 Å². The van der Waals surface area contributed by atoms with Crippen LogP contribution in [-0.2, 0) is 6.18 Å². The van der Waals surface area contributed by atoms with Gasteiger partial charge < -0.3 is 0 Å². The van der Waals surface area contributed by atoms with Gasteiger partial charge in [0.05, 0.1) is 5.56 Å². The molecule has 0 N–H and O–H groups in total. The topological polar surface area (TPSA) is 48.8 Å². The van der Waals surface area contributed by atoms with Crippen LogP contribution < -0.4 is 0 Å². The van der Waals surface area contributed by atoms with Crippen LogP contribution in [0.5, 0.6) is 0 Å². The van der Waals surface area contributed by atoms with Crippen LogP contribution in [0.3, 0.4) is 0 Å². The summed E-state index contributed by atoms with van der Waals surface area (Å²) in [5.41, 5.74) is 7.44. The van der Waals surface area contributed by atoms with Gasteiger partial charge in [0.25, 0.3) is 0 Å². The molecule has 0 fully saturated rings. The van der Waals surface area contributed by atoms with Crippen molar-refractivity contribution < 1.29 is 13.2 Å². The third kappa shape index (κ3) is 4.43. The van der Waals surface area contributed by atoms with Gasteiger partial charge in [0.15, 0.2) is 0 Å². The van der Waals surface area contributed by atoms with Gasteiger partial charge in [0, 0.05) is 15.9 Å². The van der Waals surface area contributed by atoms with Gasteiger partial charge in [-0.3, -0.25) is 0 Å². The highest BCUT2D eigenvalue weighted by Crippen LogP contribution is 2.34. The van der Waals surface area contributed by atoms with Gasteiger partial charge in [-0.1, -0.05) is 39.3 Å². The van der Waals surface area contributed by atoms with Crippen molar-refractivity contribution >= 4 is 22.0 Å². The largest absolute Gasteiger partial charge is 0.417 e. The summed E-state index contributed by atoms with van der Waals surface area (Å²) in [6.45, 7) is 0.227. The van der Waals surface area contributed by atoms with Crippen LogP contribution in [0.15, 0.2) is 33.9 Å². The molecule has 0 aliphatic heterocycles. The average Bonchev–Trinajstić information content (AvgIpc) is 2.29.